The summed E-state index contributed by atoms with van der Waals surface area (Å²) in [5, 5.41) is 0. The number of rotatable bonds is 6. The quantitative estimate of drug-likeness (QED) is 0.801. The maximum absolute atomic E-state index is 12.1. The minimum atomic E-state index is -0.893. The van der Waals surface area contributed by atoms with E-state index in [1.807, 2.05) is 30.3 Å². The molecule has 0 spiro atoms. The molecule has 0 radical (unpaired) electrons. The zero-order chi connectivity index (χ0) is 13.5. The van der Waals surface area contributed by atoms with Gasteiger partial charge in [-0.3, -0.25) is 4.21 Å². The topological polar surface area (TPSA) is 29.5 Å². The molecule has 2 atom stereocenters. The Balaban J connectivity index is 1.71. The van der Waals surface area contributed by atoms with Gasteiger partial charge in [-0.05, 0) is 38.4 Å². The second-order valence-electron chi connectivity index (χ2n) is 5.11. The van der Waals surface area contributed by atoms with Gasteiger partial charge in [-0.2, -0.15) is 0 Å². The van der Waals surface area contributed by atoms with Crippen molar-refractivity contribution in [2.24, 2.45) is 0 Å². The Labute approximate surface area is 118 Å². The Hall–Kier alpha value is -0.710. The lowest BCUT2D eigenvalue weighted by atomic mass is 10.1. The second-order valence-corrected chi connectivity index (χ2v) is 6.68. The van der Waals surface area contributed by atoms with Crippen molar-refractivity contribution >= 4 is 10.8 Å². The van der Waals surface area contributed by atoms with E-state index in [1.54, 1.807) is 0 Å². The first-order chi connectivity index (χ1) is 9.25. The fourth-order valence-electron chi connectivity index (χ4n) is 2.32. The summed E-state index contributed by atoms with van der Waals surface area (Å²) in [5.41, 5.74) is 0. The average Bonchev–Trinajstić information content (AvgIpc) is 2.47. The summed E-state index contributed by atoms with van der Waals surface area (Å²) in [6, 6.07) is 9.69. The van der Waals surface area contributed by atoms with Crippen LogP contribution in [0.2, 0.25) is 0 Å². The highest BCUT2D eigenvalue weighted by molar-refractivity contribution is 7.85. The molecule has 106 valence electrons. The predicted molar refractivity (Wildman–Crippen MR) is 78.8 cm³/mol. The molecule has 19 heavy (non-hydrogen) atoms. The van der Waals surface area contributed by atoms with E-state index >= 15 is 0 Å². The Kier molecular flexibility index (Phi) is 6.01. The minimum Gasteiger partial charge on any atom is -0.377 e. The molecular weight excluding hydrogens is 258 g/mol. The Morgan fingerprint density at radius 3 is 2.79 bits per heavy atom. The Bertz CT molecular complexity index is 390. The van der Waals surface area contributed by atoms with Gasteiger partial charge in [0.05, 0.1) is 16.9 Å². The molecule has 1 aromatic rings. The lowest BCUT2D eigenvalue weighted by molar-refractivity contribution is -0.000543. The SMILES string of the molecule is CN(CCS(=O)c1ccccc1)CC1CCCCO1. The molecule has 1 aliphatic rings. The van der Waals surface area contributed by atoms with Crippen LogP contribution in [-0.2, 0) is 15.5 Å². The van der Waals surface area contributed by atoms with E-state index < -0.39 is 10.8 Å². The summed E-state index contributed by atoms with van der Waals surface area (Å²) in [7, 11) is 1.19. The lowest BCUT2D eigenvalue weighted by Crippen LogP contribution is -2.35. The summed E-state index contributed by atoms with van der Waals surface area (Å²) in [4.78, 5) is 3.15. The van der Waals surface area contributed by atoms with Crippen LogP contribution in [0.3, 0.4) is 0 Å². The molecule has 1 aromatic carbocycles. The highest BCUT2D eigenvalue weighted by Gasteiger charge is 2.16. The fourth-order valence-corrected chi connectivity index (χ4v) is 3.49. The molecule has 1 fully saturated rings. The highest BCUT2D eigenvalue weighted by Crippen LogP contribution is 2.13. The van der Waals surface area contributed by atoms with Crippen molar-refractivity contribution in [1.29, 1.82) is 0 Å². The normalized spacial score (nSPS) is 21.5. The first kappa shape index (κ1) is 14.7. The number of benzene rings is 1. The van der Waals surface area contributed by atoms with Crippen molar-refractivity contribution in [1.82, 2.24) is 4.90 Å². The van der Waals surface area contributed by atoms with Crippen LogP contribution in [0, 0.1) is 0 Å². The standard InChI is InChI=1S/C15H23NO2S/c1-16(13-14-7-5-6-11-18-14)10-12-19(17)15-8-3-2-4-9-15/h2-4,8-9,14H,5-7,10-13H2,1H3. The van der Waals surface area contributed by atoms with Gasteiger partial charge >= 0.3 is 0 Å². The maximum atomic E-state index is 12.1. The molecule has 0 aromatic heterocycles. The molecular formula is C15H23NO2S. The summed E-state index contributed by atoms with van der Waals surface area (Å²) in [5.74, 6) is 0.688. The number of ether oxygens (including phenoxy) is 1. The zero-order valence-corrected chi connectivity index (χ0v) is 12.4. The van der Waals surface area contributed by atoms with Crippen molar-refractivity contribution < 1.29 is 8.95 Å². The Morgan fingerprint density at radius 2 is 2.11 bits per heavy atom. The van der Waals surface area contributed by atoms with Crippen molar-refractivity contribution in [2.75, 3.05) is 32.5 Å². The van der Waals surface area contributed by atoms with Gasteiger partial charge < -0.3 is 9.64 Å². The van der Waals surface area contributed by atoms with Gasteiger partial charge in [0, 0.05) is 30.3 Å². The molecule has 0 saturated carbocycles. The molecule has 2 rings (SSSR count). The van der Waals surface area contributed by atoms with Crippen LogP contribution in [0.5, 0.6) is 0 Å². The van der Waals surface area contributed by atoms with Gasteiger partial charge in [0.15, 0.2) is 0 Å². The summed E-state index contributed by atoms with van der Waals surface area (Å²) in [6.07, 6.45) is 3.99. The van der Waals surface area contributed by atoms with Gasteiger partial charge in [0.1, 0.15) is 0 Å². The van der Waals surface area contributed by atoms with Gasteiger partial charge in [-0.15, -0.1) is 0 Å². The van der Waals surface area contributed by atoms with Crippen LogP contribution in [0.4, 0.5) is 0 Å². The van der Waals surface area contributed by atoms with Crippen molar-refractivity contribution in [3.8, 4) is 0 Å². The molecule has 0 aliphatic carbocycles. The van der Waals surface area contributed by atoms with E-state index in [4.69, 9.17) is 4.74 Å². The third kappa shape index (κ3) is 5.05. The third-order valence-corrected chi connectivity index (χ3v) is 4.81. The average molecular weight is 281 g/mol. The monoisotopic (exact) mass is 281 g/mol. The molecule has 1 saturated heterocycles. The molecule has 0 bridgehead atoms. The van der Waals surface area contributed by atoms with Crippen molar-refractivity contribution in [2.45, 2.75) is 30.3 Å². The number of hydrogen-bond donors (Lipinski definition) is 0. The molecule has 4 heteroatoms. The maximum Gasteiger partial charge on any atom is 0.0701 e. The van der Waals surface area contributed by atoms with Crippen LogP contribution < -0.4 is 0 Å². The van der Waals surface area contributed by atoms with Crippen LogP contribution in [0.1, 0.15) is 19.3 Å². The van der Waals surface area contributed by atoms with Crippen LogP contribution in [0.15, 0.2) is 35.2 Å². The highest BCUT2D eigenvalue weighted by atomic mass is 32.2. The smallest absolute Gasteiger partial charge is 0.0701 e. The first-order valence-electron chi connectivity index (χ1n) is 6.99. The molecule has 1 aliphatic heterocycles. The predicted octanol–water partition coefficient (Wildman–Crippen LogP) is 2.30. The van der Waals surface area contributed by atoms with Gasteiger partial charge in [0.25, 0.3) is 0 Å². The van der Waals surface area contributed by atoms with E-state index in [1.165, 1.54) is 12.8 Å². The second kappa shape index (κ2) is 7.78. The minimum absolute atomic E-state index is 0.365. The molecule has 2 unspecified atom stereocenters. The Morgan fingerprint density at radius 1 is 1.32 bits per heavy atom. The van der Waals surface area contributed by atoms with Gasteiger partial charge in [0.2, 0.25) is 0 Å². The molecule has 0 amide bonds. The fraction of sp³-hybridized carbons (Fsp3) is 0.600. The van der Waals surface area contributed by atoms with Gasteiger partial charge in [-0.25, -0.2) is 0 Å². The number of nitrogens with zero attached hydrogens (tertiary/aromatic N) is 1. The number of likely N-dealkylation sites (N-methyl/N-ethyl adjacent to an activating group) is 1. The largest absolute Gasteiger partial charge is 0.377 e. The summed E-state index contributed by atoms with van der Waals surface area (Å²) in [6.45, 7) is 2.70. The summed E-state index contributed by atoms with van der Waals surface area (Å²) < 4.78 is 17.8. The van der Waals surface area contributed by atoms with Gasteiger partial charge in [-0.1, -0.05) is 18.2 Å². The summed E-state index contributed by atoms with van der Waals surface area (Å²) >= 11 is 0. The van der Waals surface area contributed by atoms with E-state index in [9.17, 15) is 4.21 Å². The first-order valence-corrected chi connectivity index (χ1v) is 8.31. The van der Waals surface area contributed by atoms with Crippen molar-refractivity contribution in [3.05, 3.63) is 30.3 Å². The van der Waals surface area contributed by atoms with E-state index in [2.05, 4.69) is 11.9 Å². The van der Waals surface area contributed by atoms with Crippen molar-refractivity contribution in [3.63, 3.8) is 0 Å². The number of hydrogen-bond acceptors (Lipinski definition) is 3. The van der Waals surface area contributed by atoms with Crippen LogP contribution >= 0.6 is 0 Å². The van der Waals surface area contributed by atoms with Crippen LogP contribution in [0.25, 0.3) is 0 Å². The van der Waals surface area contributed by atoms with Crippen LogP contribution in [-0.4, -0.2) is 47.7 Å². The third-order valence-electron chi connectivity index (χ3n) is 3.45. The van der Waals surface area contributed by atoms with E-state index in [0.717, 1.165) is 31.0 Å². The molecule has 3 nitrogen and oxygen atoms in total. The molecule has 0 N–H and O–H groups in total. The lowest BCUT2D eigenvalue weighted by Gasteiger charge is -2.27. The molecule has 1 heterocycles. The van der Waals surface area contributed by atoms with E-state index in [-0.39, 0.29) is 0 Å². The van der Waals surface area contributed by atoms with E-state index in [0.29, 0.717) is 11.9 Å². The zero-order valence-electron chi connectivity index (χ0n) is 11.6.